The molecule has 0 atom stereocenters. The van der Waals surface area contributed by atoms with Gasteiger partial charge in [-0.1, -0.05) is 0 Å². The lowest BCUT2D eigenvalue weighted by Crippen LogP contribution is -2.56. The first-order valence-electron chi connectivity index (χ1n) is 9.27. The molecule has 5 nitrogen and oxygen atoms in total. The fraction of sp³-hybridized carbons (Fsp3) is 0.550. The van der Waals surface area contributed by atoms with Crippen molar-refractivity contribution < 1.29 is 4.79 Å². The van der Waals surface area contributed by atoms with Gasteiger partial charge in [0.2, 0.25) is 0 Å². The number of hydrogen-bond acceptors (Lipinski definition) is 5. The second kappa shape index (κ2) is 6.52. The average molecular weight is 366 g/mol. The van der Waals surface area contributed by atoms with Gasteiger partial charge in [0.1, 0.15) is 0 Å². The van der Waals surface area contributed by atoms with Gasteiger partial charge >= 0.3 is 0 Å². The summed E-state index contributed by atoms with van der Waals surface area (Å²) in [7, 11) is 0. The molecule has 5 rings (SSSR count). The molecule has 26 heavy (non-hydrogen) atoms. The van der Waals surface area contributed by atoms with E-state index in [9.17, 15) is 15.3 Å². The molecule has 1 amide bonds. The molecule has 6 heteroatoms. The standard InChI is InChI=1S/C20H22N4OS/c21-12-14-1-4-17(24-26-15-2-3-15)16(11-14)18(25)23-20-8-5-19(13-22,6-9-20)7-10-20/h1,4,11,15,24H,2-3,5-10H2,(H,23,25). The number of rotatable bonds is 5. The van der Waals surface area contributed by atoms with Crippen LogP contribution in [0.5, 0.6) is 0 Å². The number of nitriles is 2. The van der Waals surface area contributed by atoms with Crippen LogP contribution in [0.2, 0.25) is 0 Å². The predicted octanol–water partition coefficient (Wildman–Crippen LogP) is 4.13. The predicted molar refractivity (Wildman–Crippen MR) is 101 cm³/mol. The molecule has 4 aliphatic rings. The van der Waals surface area contributed by atoms with E-state index in [1.54, 1.807) is 24.1 Å². The summed E-state index contributed by atoms with van der Waals surface area (Å²) < 4.78 is 3.30. The largest absolute Gasteiger partial charge is 0.347 e. The van der Waals surface area contributed by atoms with E-state index in [1.807, 2.05) is 6.07 Å². The molecule has 0 radical (unpaired) electrons. The fourth-order valence-corrected chi connectivity index (χ4v) is 4.92. The summed E-state index contributed by atoms with van der Waals surface area (Å²) in [5.74, 6) is -0.118. The summed E-state index contributed by atoms with van der Waals surface area (Å²) in [4.78, 5) is 13.1. The Hall–Kier alpha value is -2.18. The lowest BCUT2D eigenvalue weighted by Gasteiger charge is -2.50. The van der Waals surface area contributed by atoms with Crippen molar-refractivity contribution in [2.45, 2.75) is 62.2 Å². The van der Waals surface area contributed by atoms with Crippen molar-refractivity contribution in [1.29, 1.82) is 10.5 Å². The second-order valence-electron chi connectivity index (χ2n) is 7.92. The van der Waals surface area contributed by atoms with Crippen LogP contribution in [-0.4, -0.2) is 16.7 Å². The highest BCUT2D eigenvalue weighted by molar-refractivity contribution is 8.01. The Labute approximate surface area is 158 Å². The SMILES string of the molecule is N#Cc1ccc(NSC2CC2)c(C(=O)NC23CCC(C#N)(CC2)CC3)c1. The Bertz CT molecular complexity index is 794. The van der Waals surface area contributed by atoms with E-state index in [2.05, 4.69) is 22.2 Å². The second-order valence-corrected chi connectivity index (χ2v) is 9.02. The van der Waals surface area contributed by atoms with Crippen LogP contribution in [0.3, 0.4) is 0 Å². The number of nitrogens with one attached hydrogen (secondary N) is 2. The number of carbonyl (C=O) groups is 1. The highest BCUT2D eigenvalue weighted by Crippen LogP contribution is 2.52. The molecule has 1 aromatic rings. The van der Waals surface area contributed by atoms with E-state index in [1.165, 1.54) is 12.8 Å². The first-order chi connectivity index (χ1) is 12.6. The van der Waals surface area contributed by atoms with E-state index in [0.717, 1.165) is 44.2 Å². The molecule has 4 fully saturated rings. The third kappa shape index (κ3) is 3.27. The zero-order valence-electron chi connectivity index (χ0n) is 14.7. The summed E-state index contributed by atoms with van der Waals surface area (Å²) in [6, 6.07) is 9.87. The number of benzene rings is 1. The summed E-state index contributed by atoms with van der Waals surface area (Å²) >= 11 is 1.65. The molecule has 134 valence electrons. The minimum Gasteiger partial charge on any atom is -0.347 e. The van der Waals surface area contributed by atoms with E-state index >= 15 is 0 Å². The van der Waals surface area contributed by atoms with E-state index < -0.39 is 0 Å². The number of amides is 1. The lowest BCUT2D eigenvalue weighted by molar-refractivity contribution is 0.0522. The number of hydrogen-bond donors (Lipinski definition) is 2. The molecule has 0 unspecified atom stereocenters. The number of nitrogens with zero attached hydrogens (tertiary/aromatic N) is 2. The zero-order chi connectivity index (χ0) is 18.2. The molecule has 2 bridgehead atoms. The molecule has 0 aromatic heterocycles. The Morgan fingerprint density at radius 3 is 2.38 bits per heavy atom. The van der Waals surface area contributed by atoms with Gasteiger partial charge in [0.05, 0.1) is 34.4 Å². The average Bonchev–Trinajstić information content (AvgIpc) is 3.52. The Morgan fingerprint density at radius 2 is 1.81 bits per heavy atom. The molecule has 0 spiro atoms. The van der Waals surface area contributed by atoms with Crippen molar-refractivity contribution in [3.05, 3.63) is 29.3 Å². The molecule has 4 saturated carbocycles. The van der Waals surface area contributed by atoms with Crippen LogP contribution >= 0.6 is 11.9 Å². The van der Waals surface area contributed by atoms with E-state index in [-0.39, 0.29) is 16.9 Å². The van der Waals surface area contributed by atoms with Gasteiger partial charge < -0.3 is 10.0 Å². The highest BCUT2D eigenvalue weighted by atomic mass is 32.2. The Balaban J connectivity index is 1.52. The number of anilines is 1. The summed E-state index contributed by atoms with van der Waals surface area (Å²) in [6.45, 7) is 0. The van der Waals surface area contributed by atoms with Crippen molar-refractivity contribution in [2.75, 3.05) is 4.72 Å². The molecule has 0 saturated heterocycles. The van der Waals surface area contributed by atoms with Crippen molar-refractivity contribution in [3.8, 4) is 12.1 Å². The fourth-order valence-electron chi connectivity index (χ4n) is 4.07. The maximum atomic E-state index is 13.1. The highest BCUT2D eigenvalue weighted by Gasteiger charge is 2.49. The maximum absolute atomic E-state index is 13.1. The van der Waals surface area contributed by atoms with Gasteiger partial charge in [-0.15, -0.1) is 0 Å². The Kier molecular flexibility index (Phi) is 4.32. The Morgan fingerprint density at radius 1 is 1.12 bits per heavy atom. The first-order valence-corrected chi connectivity index (χ1v) is 10.1. The van der Waals surface area contributed by atoms with Crippen LogP contribution in [0.15, 0.2) is 18.2 Å². The van der Waals surface area contributed by atoms with Crippen molar-refractivity contribution >= 4 is 23.5 Å². The smallest absolute Gasteiger partial charge is 0.253 e. The quantitative estimate of drug-likeness (QED) is 0.765. The molecule has 0 aliphatic heterocycles. The third-order valence-corrected chi connectivity index (χ3v) is 7.26. The van der Waals surface area contributed by atoms with Gasteiger partial charge in [0, 0.05) is 10.8 Å². The van der Waals surface area contributed by atoms with Gasteiger partial charge in [0.25, 0.3) is 5.91 Å². The van der Waals surface area contributed by atoms with Crippen LogP contribution in [0.25, 0.3) is 0 Å². The number of carbonyl (C=O) groups excluding carboxylic acids is 1. The first kappa shape index (κ1) is 17.2. The molecule has 1 aromatic carbocycles. The van der Waals surface area contributed by atoms with Crippen LogP contribution < -0.4 is 10.0 Å². The molecular weight excluding hydrogens is 344 g/mol. The van der Waals surface area contributed by atoms with Gasteiger partial charge in [0.15, 0.2) is 0 Å². The number of fused-ring (bicyclic) bond motifs is 3. The van der Waals surface area contributed by atoms with E-state index in [4.69, 9.17) is 0 Å². The van der Waals surface area contributed by atoms with E-state index in [0.29, 0.717) is 16.4 Å². The topological polar surface area (TPSA) is 88.7 Å². The maximum Gasteiger partial charge on any atom is 0.253 e. The van der Waals surface area contributed by atoms with Crippen molar-refractivity contribution in [3.63, 3.8) is 0 Å². The lowest BCUT2D eigenvalue weighted by atomic mass is 9.58. The summed E-state index contributed by atoms with van der Waals surface area (Å²) in [6.07, 6.45) is 7.61. The minimum absolute atomic E-state index is 0.118. The van der Waals surface area contributed by atoms with Gasteiger partial charge in [-0.05, 0) is 81.5 Å². The van der Waals surface area contributed by atoms with Crippen molar-refractivity contribution in [1.82, 2.24) is 5.32 Å². The zero-order valence-corrected chi connectivity index (χ0v) is 15.5. The van der Waals surface area contributed by atoms with Crippen LogP contribution in [0.4, 0.5) is 5.69 Å². The molecule has 4 aliphatic carbocycles. The minimum atomic E-state index is -0.195. The van der Waals surface area contributed by atoms with Gasteiger partial charge in [-0.2, -0.15) is 10.5 Å². The van der Waals surface area contributed by atoms with Crippen LogP contribution in [-0.2, 0) is 0 Å². The molecular formula is C20H22N4OS. The summed E-state index contributed by atoms with van der Waals surface area (Å²) in [5.41, 5.74) is 1.44. The van der Waals surface area contributed by atoms with Gasteiger partial charge in [-0.25, -0.2) is 0 Å². The van der Waals surface area contributed by atoms with Crippen LogP contribution in [0.1, 0.15) is 67.3 Å². The third-order valence-electron chi connectivity index (χ3n) is 6.12. The molecule has 2 N–H and O–H groups in total. The molecule has 0 heterocycles. The van der Waals surface area contributed by atoms with Crippen molar-refractivity contribution in [2.24, 2.45) is 5.41 Å². The monoisotopic (exact) mass is 366 g/mol. The van der Waals surface area contributed by atoms with Crippen LogP contribution in [0, 0.1) is 28.1 Å². The normalized spacial score (nSPS) is 29.5. The van der Waals surface area contributed by atoms with Gasteiger partial charge in [-0.3, -0.25) is 4.79 Å². The summed E-state index contributed by atoms with van der Waals surface area (Å²) in [5, 5.41) is 22.5.